The summed E-state index contributed by atoms with van der Waals surface area (Å²) in [6, 6.07) is 7.92. The van der Waals surface area contributed by atoms with Crippen LogP contribution in [0.15, 0.2) is 24.3 Å². The Morgan fingerprint density at radius 2 is 1.83 bits per heavy atom. The van der Waals surface area contributed by atoms with Crippen molar-refractivity contribution >= 4 is 33.2 Å². The molecule has 2 aromatic rings. The van der Waals surface area contributed by atoms with E-state index in [0.29, 0.717) is 0 Å². The zero-order valence-electron chi connectivity index (χ0n) is 11.1. The average Bonchev–Trinajstić information content (AvgIpc) is 2.70. The maximum absolute atomic E-state index is 10.4. The molecule has 0 aliphatic carbocycles. The molecule has 0 aliphatic heterocycles. The van der Waals surface area contributed by atoms with E-state index in [0.717, 1.165) is 15.2 Å². The summed E-state index contributed by atoms with van der Waals surface area (Å²) < 4.78 is 1.10. The Bertz CT molecular complexity index is 523. The van der Waals surface area contributed by atoms with E-state index in [1.165, 1.54) is 0 Å². The number of hydrogen-bond donors (Lipinski definition) is 1. The zero-order chi connectivity index (χ0) is 13.6. The quantitative estimate of drug-likeness (QED) is 0.840. The van der Waals surface area contributed by atoms with Gasteiger partial charge in [0.25, 0.3) is 0 Å². The van der Waals surface area contributed by atoms with Crippen LogP contribution in [0, 0.1) is 5.41 Å². The van der Waals surface area contributed by atoms with Crippen LogP contribution in [0.2, 0.25) is 0 Å². The molecule has 0 radical (unpaired) electrons. The Morgan fingerprint density at radius 1 is 1.22 bits per heavy atom. The molecular weight excluding hydrogens is 266 g/mol. The number of fused-ring (bicyclic) bond motifs is 1. The van der Waals surface area contributed by atoms with Crippen molar-refractivity contribution in [3.05, 3.63) is 29.3 Å². The van der Waals surface area contributed by atoms with Gasteiger partial charge in [-0.1, -0.05) is 32.9 Å². The second-order valence-electron chi connectivity index (χ2n) is 5.83. The van der Waals surface area contributed by atoms with Gasteiger partial charge in [0, 0.05) is 0 Å². The molecule has 2 nitrogen and oxygen atoms in total. The molecule has 2 rings (SSSR count). The van der Waals surface area contributed by atoms with Crippen molar-refractivity contribution < 1.29 is 5.11 Å². The van der Waals surface area contributed by atoms with Crippen molar-refractivity contribution in [2.24, 2.45) is 5.41 Å². The molecule has 0 saturated heterocycles. The predicted molar refractivity (Wildman–Crippen MR) is 78.3 cm³/mol. The molecule has 0 amide bonds. The van der Waals surface area contributed by atoms with Crippen LogP contribution >= 0.6 is 22.9 Å². The summed E-state index contributed by atoms with van der Waals surface area (Å²) in [4.78, 5) is 3.69. The molecule has 0 unspecified atom stereocenters. The van der Waals surface area contributed by atoms with Crippen molar-refractivity contribution in [3.8, 4) is 0 Å². The van der Waals surface area contributed by atoms with Crippen molar-refractivity contribution in [2.45, 2.75) is 38.7 Å². The highest BCUT2D eigenvalue weighted by molar-refractivity contribution is 7.18. The highest BCUT2D eigenvalue weighted by Crippen LogP contribution is 2.42. The zero-order valence-corrected chi connectivity index (χ0v) is 12.6. The molecule has 1 aromatic carbocycles. The summed E-state index contributed by atoms with van der Waals surface area (Å²) in [5.74, 6) is 0. The maximum Gasteiger partial charge on any atom is 0.120 e. The molecule has 1 heterocycles. The summed E-state index contributed by atoms with van der Waals surface area (Å²) in [5.41, 5.74) is 0.652. The minimum absolute atomic E-state index is 0.283. The van der Waals surface area contributed by atoms with E-state index in [2.05, 4.69) is 4.98 Å². The standard InChI is InChI=1S/C14H18ClNOS/c1-13(2,3)11(17)14(4,15)12-16-9-7-5-6-8-10(9)18-12/h5-8,11,17H,1-4H3/t11-,14+/m0/s1. The van der Waals surface area contributed by atoms with Crippen molar-refractivity contribution in [3.63, 3.8) is 0 Å². The first-order valence-corrected chi connectivity index (χ1v) is 7.15. The molecule has 0 aliphatic rings. The third-order valence-electron chi connectivity index (χ3n) is 3.05. The first kappa shape index (κ1) is 13.8. The summed E-state index contributed by atoms with van der Waals surface area (Å²) in [6.45, 7) is 7.77. The second-order valence-corrected chi connectivity index (χ2v) is 7.65. The average molecular weight is 284 g/mol. The molecule has 1 N–H and O–H groups in total. The Balaban J connectivity index is 2.46. The predicted octanol–water partition coefficient (Wildman–Crippen LogP) is 4.16. The molecule has 0 fully saturated rings. The van der Waals surface area contributed by atoms with Crippen LogP contribution in [0.5, 0.6) is 0 Å². The fourth-order valence-electron chi connectivity index (χ4n) is 2.01. The Hall–Kier alpha value is -0.640. The number of aliphatic hydroxyl groups excluding tert-OH is 1. The van der Waals surface area contributed by atoms with E-state index in [4.69, 9.17) is 11.6 Å². The number of nitrogens with zero attached hydrogens (tertiary/aromatic N) is 1. The molecule has 18 heavy (non-hydrogen) atoms. The van der Waals surface area contributed by atoms with E-state index < -0.39 is 11.0 Å². The van der Waals surface area contributed by atoms with Gasteiger partial charge in [-0.3, -0.25) is 0 Å². The van der Waals surface area contributed by atoms with Gasteiger partial charge in [0.15, 0.2) is 0 Å². The van der Waals surface area contributed by atoms with Gasteiger partial charge in [-0.25, -0.2) is 4.98 Å². The number of para-hydroxylation sites is 1. The Kier molecular flexibility index (Phi) is 3.43. The molecule has 2 atom stereocenters. The summed E-state index contributed by atoms with van der Waals surface area (Å²) in [5, 5.41) is 11.2. The molecule has 1 aromatic heterocycles. The monoisotopic (exact) mass is 283 g/mol. The first-order chi connectivity index (χ1) is 8.23. The van der Waals surface area contributed by atoms with E-state index in [9.17, 15) is 5.11 Å². The molecule has 0 spiro atoms. The van der Waals surface area contributed by atoms with Crippen molar-refractivity contribution in [1.29, 1.82) is 0 Å². The van der Waals surface area contributed by atoms with Gasteiger partial charge in [-0.2, -0.15) is 0 Å². The summed E-state index contributed by atoms with van der Waals surface area (Å²) in [6.07, 6.45) is -0.660. The second kappa shape index (κ2) is 4.48. The van der Waals surface area contributed by atoms with Gasteiger partial charge < -0.3 is 5.11 Å². The van der Waals surface area contributed by atoms with Gasteiger partial charge in [-0.15, -0.1) is 22.9 Å². The van der Waals surface area contributed by atoms with E-state index in [-0.39, 0.29) is 5.41 Å². The van der Waals surface area contributed by atoms with Crippen molar-refractivity contribution in [2.75, 3.05) is 0 Å². The van der Waals surface area contributed by atoms with Crippen molar-refractivity contribution in [1.82, 2.24) is 4.98 Å². The van der Waals surface area contributed by atoms with Crippen LogP contribution in [0.4, 0.5) is 0 Å². The lowest BCUT2D eigenvalue weighted by Crippen LogP contribution is -2.41. The molecule has 0 saturated carbocycles. The van der Waals surface area contributed by atoms with Crippen LogP contribution in [0.25, 0.3) is 10.2 Å². The molecule has 4 heteroatoms. The van der Waals surface area contributed by atoms with Gasteiger partial charge in [0.05, 0.1) is 16.3 Å². The minimum atomic E-state index is -0.859. The third kappa shape index (κ3) is 2.40. The number of aromatic nitrogens is 1. The largest absolute Gasteiger partial charge is 0.390 e. The SMILES string of the molecule is CC(C)(C)[C@H](O)[C@@](C)(Cl)c1nc2ccccc2s1. The maximum atomic E-state index is 10.4. The Labute approximate surface area is 117 Å². The lowest BCUT2D eigenvalue weighted by molar-refractivity contribution is 0.0289. The van der Waals surface area contributed by atoms with Crippen LogP contribution in [-0.4, -0.2) is 16.2 Å². The molecule has 98 valence electrons. The number of rotatable bonds is 2. The number of benzene rings is 1. The molecular formula is C14H18ClNOS. The number of thiazole rings is 1. The fourth-order valence-corrected chi connectivity index (χ4v) is 3.53. The molecule has 0 bridgehead atoms. The number of hydrogen-bond acceptors (Lipinski definition) is 3. The van der Waals surface area contributed by atoms with Gasteiger partial charge >= 0.3 is 0 Å². The van der Waals surface area contributed by atoms with Crippen LogP contribution in [-0.2, 0) is 4.87 Å². The van der Waals surface area contributed by atoms with E-state index in [1.807, 2.05) is 52.0 Å². The topological polar surface area (TPSA) is 33.1 Å². The first-order valence-electron chi connectivity index (χ1n) is 5.96. The number of halogens is 1. The van der Waals surface area contributed by atoms with E-state index in [1.54, 1.807) is 11.3 Å². The van der Waals surface area contributed by atoms with Crippen LogP contribution < -0.4 is 0 Å². The summed E-state index contributed by atoms with van der Waals surface area (Å²) >= 11 is 8.11. The Morgan fingerprint density at radius 3 is 2.39 bits per heavy atom. The van der Waals surface area contributed by atoms with E-state index >= 15 is 0 Å². The number of aliphatic hydroxyl groups is 1. The van der Waals surface area contributed by atoms with Crippen LogP contribution in [0.1, 0.15) is 32.7 Å². The van der Waals surface area contributed by atoms with Gasteiger partial charge in [0.2, 0.25) is 0 Å². The number of alkyl halides is 1. The third-order valence-corrected chi connectivity index (χ3v) is 4.82. The van der Waals surface area contributed by atoms with Crippen LogP contribution in [0.3, 0.4) is 0 Å². The summed E-state index contributed by atoms with van der Waals surface area (Å²) in [7, 11) is 0. The highest BCUT2D eigenvalue weighted by Gasteiger charge is 2.42. The lowest BCUT2D eigenvalue weighted by Gasteiger charge is -2.35. The van der Waals surface area contributed by atoms with Gasteiger partial charge in [-0.05, 0) is 24.5 Å². The fraction of sp³-hybridized carbons (Fsp3) is 0.500. The minimum Gasteiger partial charge on any atom is -0.390 e. The lowest BCUT2D eigenvalue weighted by atomic mass is 9.82. The van der Waals surface area contributed by atoms with Gasteiger partial charge in [0.1, 0.15) is 9.88 Å². The highest BCUT2D eigenvalue weighted by atomic mass is 35.5. The normalized spacial score (nSPS) is 17.7. The smallest absolute Gasteiger partial charge is 0.120 e.